The zero-order valence-corrected chi connectivity index (χ0v) is 8.29. The predicted octanol–water partition coefficient (Wildman–Crippen LogP) is 2.87. The van der Waals surface area contributed by atoms with Gasteiger partial charge in [0.05, 0.1) is 0 Å². The molecule has 0 radical (unpaired) electrons. The first kappa shape index (κ1) is 8.61. The summed E-state index contributed by atoms with van der Waals surface area (Å²) in [5.74, 6) is 0. The van der Waals surface area contributed by atoms with E-state index in [1.807, 2.05) is 0 Å². The van der Waals surface area contributed by atoms with Gasteiger partial charge in [-0.05, 0) is 32.3 Å². The minimum atomic E-state index is 1.11. The molecule has 0 aromatic rings. The Balaban J connectivity index is 2.08. The van der Waals surface area contributed by atoms with Crippen molar-refractivity contribution < 1.29 is 0 Å². The maximum absolute atomic E-state index is 2.49. The number of nitrogens with zero attached hydrogens (tertiary/aromatic N) is 1. The Morgan fingerprint density at radius 3 is 2.77 bits per heavy atom. The van der Waals surface area contributed by atoms with Crippen LogP contribution in [0.15, 0.2) is 35.6 Å². The summed E-state index contributed by atoms with van der Waals surface area (Å²) >= 11 is 0. The molecule has 2 rings (SSSR count). The van der Waals surface area contributed by atoms with Gasteiger partial charge in [0.15, 0.2) is 0 Å². The highest BCUT2D eigenvalue weighted by atomic mass is 15.1. The number of hydrogen-bond acceptors (Lipinski definition) is 1. The Kier molecular flexibility index (Phi) is 2.53. The van der Waals surface area contributed by atoms with Crippen molar-refractivity contribution in [1.29, 1.82) is 0 Å². The zero-order chi connectivity index (χ0) is 9.10. The van der Waals surface area contributed by atoms with Crippen LogP contribution in [0.1, 0.15) is 26.2 Å². The average Bonchev–Trinajstić information content (AvgIpc) is 2.56. The van der Waals surface area contributed by atoms with Gasteiger partial charge >= 0.3 is 0 Å². The minimum absolute atomic E-state index is 1.11. The molecule has 1 fully saturated rings. The van der Waals surface area contributed by atoms with Crippen molar-refractivity contribution in [2.45, 2.75) is 26.2 Å². The summed E-state index contributed by atoms with van der Waals surface area (Å²) < 4.78 is 0. The summed E-state index contributed by atoms with van der Waals surface area (Å²) in [7, 11) is 0. The van der Waals surface area contributed by atoms with Crippen molar-refractivity contribution in [1.82, 2.24) is 4.90 Å². The highest BCUT2D eigenvalue weighted by Crippen LogP contribution is 2.19. The molecule has 0 amide bonds. The van der Waals surface area contributed by atoms with E-state index in [4.69, 9.17) is 0 Å². The van der Waals surface area contributed by atoms with Crippen molar-refractivity contribution in [3.8, 4) is 0 Å². The van der Waals surface area contributed by atoms with E-state index < -0.39 is 0 Å². The second kappa shape index (κ2) is 3.82. The fourth-order valence-electron chi connectivity index (χ4n) is 1.92. The molecule has 0 unspecified atom stereocenters. The molecular weight excluding hydrogens is 158 g/mol. The van der Waals surface area contributed by atoms with E-state index >= 15 is 0 Å². The Morgan fingerprint density at radius 2 is 2.00 bits per heavy atom. The van der Waals surface area contributed by atoms with E-state index in [0.29, 0.717) is 0 Å². The molecule has 0 aromatic carbocycles. The topological polar surface area (TPSA) is 3.24 Å². The van der Waals surface area contributed by atoms with Crippen LogP contribution in [0.4, 0.5) is 0 Å². The smallest absolute Gasteiger partial charge is 0.0328 e. The lowest BCUT2D eigenvalue weighted by Crippen LogP contribution is -2.16. The van der Waals surface area contributed by atoms with E-state index in [9.17, 15) is 0 Å². The first-order valence-electron chi connectivity index (χ1n) is 5.15. The van der Waals surface area contributed by atoms with E-state index in [-0.39, 0.29) is 0 Å². The molecule has 0 saturated carbocycles. The summed E-state index contributed by atoms with van der Waals surface area (Å²) in [6.07, 6.45) is 12.8. The van der Waals surface area contributed by atoms with Crippen molar-refractivity contribution in [3.05, 3.63) is 35.6 Å². The van der Waals surface area contributed by atoms with Crippen LogP contribution in [0.3, 0.4) is 0 Å². The molecule has 1 aliphatic carbocycles. The van der Waals surface area contributed by atoms with Gasteiger partial charge in [-0.25, -0.2) is 0 Å². The number of likely N-dealkylation sites (tertiary alicyclic amines) is 1. The lowest BCUT2D eigenvalue weighted by atomic mass is 10.2. The molecule has 1 saturated heterocycles. The molecule has 2 aliphatic rings. The average molecular weight is 175 g/mol. The second-order valence-electron chi connectivity index (χ2n) is 3.90. The number of rotatable bonds is 1. The normalized spacial score (nSPS) is 22.7. The van der Waals surface area contributed by atoms with Crippen LogP contribution >= 0.6 is 0 Å². The van der Waals surface area contributed by atoms with Gasteiger partial charge in [-0.3, -0.25) is 0 Å². The fourth-order valence-corrected chi connectivity index (χ4v) is 1.92. The van der Waals surface area contributed by atoms with Gasteiger partial charge in [-0.15, -0.1) is 0 Å². The van der Waals surface area contributed by atoms with Gasteiger partial charge in [0.2, 0.25) is 0 Å². The van der Waals surface area contributed by atoms with E-state index in [0.717, 1.165) is 6.42 Å². The van der Waals surface area contributed by atoms with Gasteiger partial charge in [0, 0.05) is 18.8 Å². The summed E-state index contributed by atoms with van der Waals surface area (Å²) in [6.45, 7) is 4.68. The lowest BCUT2D eigenvalue weighted by molar-refractivity contribution is 0.439. The van der Waals surface area contributed by atoms with Gasteiger partial charge in [0.1, 0.15) is 0 Å². The minimum Gasteiger partial charge on any atom is -0.372 e. The SMILES string of the molecule is CC1=CC=CC(N2CCCC2)=CC1. The Morgan fingerprint density at radius 1 is 1.23 bits per heavy atom. The van der Waals surface area contributed by atoms with Crippen LogP contribution in [-0.2, 0) is 0 Å². The van der Waals surface area contributed by atoms with Crippen LogP contribution in [-0.4, -0.2) is 18.0 Å². The summed E-state index contributed by atoms with van der Waals surface area (Å²) in [4.78, 5) is 2.49. The van der Waals surface area contributed by atoms with Crippen LogP contribution in [0.25, 0.3) is 0 Å². The molecule has 70 valence electrons. The Bertz CT molecular complexity index is 265. The van der Waals surface area contributed by atoms with Gasteiger partial charge in [-0.2, -0.15) is 0 Å². The van der Waals surface area contributed by atoms with Crippen molar-refractivity contribution in [2.24, 2.45) is 0 Å². The highest BCUT2D eigenvalue weighted by molar-refractivity contribution is 5.29. The van der Waals surface area contributed by atoms with E-state index in [1.54, 1.807) is 0 Å². The van der Waals surface area contributed by atoms with Crippen LogP contribution in [0, 0.1) is 0 Å². The monoisotopic (exact) mass is 175 g/mol. The molecule has 13 heavy (non-hydrogen) atoms. The first-order chi connectivity index (χ1) is 6.36. The standard InChI is InChI=1S/C12H17N/c1-11-5-4-6-12(8-7-11)13-9-2-3-10-13/h4-6,8H,2-3,7,9-10H2,1H3. The number of hydrogen-bond donors (Lipinski definition) is 0. The molecule has 1 aliphatic heterocycles. The molecule has 1 heteroatoms. The summed E-state index contributed by atoms with van der Waals surface area (Å²) in [5, 5.41) is 0. The molecule has 0 atom stereocenters. The molecule has 0 aromatic heterocycles. The lowest BCUT2D eigenvalue weighted by Gasteiger charge is -2.18. The third kappa shape index (κ3) is 2.03. The van der Waals surface area contributed by atoms with Gasteiger partial charge in [0.25, 0.3) is 0 Å². The Labute approximate surface area is 80.4 Å². The molecule has 1 nitrogen and oxygen atoms in total. The molecule has 1 heterocycles. The largest absolute Gasteiger partial charge is 0.372 e. The van der Waals surface area contributed by atoms with Crippen molar-refractivity contribution in [3.63, 3.8) is 0 Å². The molecular formula is C12H17N. The molecule has 0 bridgehead atoms. The van der Waals surface area contributed by atoms with Crippen LogP contribution in [0.5, 0.6) is 0 Å². The molecule has 0 spiro atoms. The quantitative estimate of drug-likeness (QED) is 0.592. The fraction of sp³-hybridized carbons (Fsp3) is 0.500. The third-order valence-electron chi connectivity index (χ3n) is 2.75. The maximum Gasteiger partial charge on any atom is 0.0328 e. The van der Waals surface area contributed by atoms with Crippen molar-refractivity contribution in [2.75, 3.05) is 13.1 Å². The third-order valence-corrected chi connectivity index (χ3v) is 2.75. The number of allylic oxidation sites excluding steroid dienone is 5. The molecule has 0 N–H and O–H groups in total. The summed E-state index contributed by atoms with van der Waals surface area (Å²) in [6, 6.07) is 0. The zero-order valence-electron chi connectivity index (χ0n) is 8.29. The van der Waals surface area contributed by atoms with E-state index in [1.165, 1.54) is 37.2 Å². The summed E-state index contributed by atoms with van der Waals surface area (Å²) in [5.41, 5.74) is 2.87. The maximum atomic E-state index is 2.49. The van der Waals surface area contributed by atoms with Crippen molar-refractivity contribution >= 4 is 0 Å². The second-order valence-corrected chi connectivity index (χ2v) is 3.90. The Hall–Kier alpha value is -0.980. The van der Waals surface area contributed by atoms with Crippen LogP contribution in [0.2, 0.25) is 0 Å². The van der Waals surface area contributed by atoms with E-state index in [2.05, 4.69) is 36.1 Å². The predicted molar refractivity (Wildman–Crippen MR) is 56.4 cm³/mol. The first-order valence-corrected chi connectivity index (χ1v) is 5.15. The highest BCUT2D eigenvalue weighted by Gasteiger charge is 2.12. The van der Waals surface area contributed by atoms with Crippen LogP contribution < -0.4 is 0 Å². The van der Waals surface area contributed by atoms with Gasteiger partial charge < -0.3 is 4.90 Å². The van der Waals surface area contributed by atoms with Gasteiger partial charge in [-0.1, -0.05) is 23.8 Å².